The molecule has 1 aliphatic heterocycles. The molecule has 1 unspecified atom stereocenters. The predicted molar refractivity (Wildman–Crippen MR) is 173 cm³/mol. The molecule has 1 saturated heterocycles. The summed E-state index contributed by atoms with van der Waals surface area (Å²) in [6.45, 7) is 7.39. The molecule has 5 aromatic rings. The van der Waals surface area contributed by atoms with E-state index in [0.29, 0.717) is 44.6 Å². The van der Waals surface area contributed by atoms with Gasteiger partial charge in [0.25, 0.3) is 0 Å². The quantitative estimate of drug-likeness (QED) is 0.179. The molecule has 1 aliphatic rings. The van der Waals surface area contributed by atoms with E-state index in [1.165, 1.54) is 18.3 Å². The molecule has 0 spiro atoms. The van der Waals surface area contributed by atoms with Crippen LogP contribution < -0.4 is 10.6 Å². The highest BCUT2D eigenvalue weighted by molar-refractivity contribution is 6.32. The van der Waals surface area contributed by atoms with Gasteiger partial charge in [-0.15, -0.1) is 5.10 Å². The summed E-state index contributed by atoms with van der Waals surface area (Å²) >= 11 is 12.7. The minimum atomic E-state index is -0.530. The van der Waals surface area contributed by atoms with E-state index in [2.05, 4.69) is 75.0 Å². The van der Waals surface area contributed by atoms with Crippen molar-refractivity contribution in [1.29, 1.82) is 5.26 Å². The third-order valence-corrected chi connectivity index (χ3v) is 8.67. The highest BCUT2D eigenvalue weighted by Gasteiger charge is 2.25. The second-order valence-electron chi connectivity index (χ2n) is 11.0. The zero-order valence-corrected chi connectivity index (χ0v) is 25.9. The molecular weight excluding hydrogens is 598 g/mol. The number of halogens is 3. The molecule has 44 heavy (non-hydrogen) atoms. The van der Waals surface area contributed by atoms with Gasteiger partial charge in [0.15, 0.2) is 0 Å². The van der Waals surface area contributed by atoms with Crippen LogP contribution >= 0.6 is 23.2 Å². The standard InChI is InChI=1S/C33H31Cl2FN8/c1-3-43-12-10-25(11-13-43)44-19-30(41-42-44)32(21-6-4-20(2)5-7-21)40-29-15-23(34)14-26-31(22(17-37)18-38-33(26)29)39-24-8-9-28(36)27(35)16-24/h4-9,14-16,18-19,25,32,40H,3,10-13H2,1-2H3,(H,38,39). The second-order valence-corrected chi connectivity index (χ2v) is 11.9. The first-order chi connectivity index (χ1) is 21.3. The first-order valence-electron chi connectivity index (χ1n) is 14.5. The third kappa shape index (κ3) is 6.20. The molecule has 224 valence electrons. The van der Waals surface area contributed by atoms with Crippen LogP contribution in [0.1, 0.15) is 54.2 Å². The summed E-state index contributed by atoms with van der Waals surface area (Å²) < 4.78 is 15.8. The number of nitriles is 1. The number of anilines is 3. The lowest BCUT2D eigenvalue weighted by atomic mass is 10.0. The number of hydrogen-bond acceptors (Lipinski definition) is 7. The van der Waals surface area contributed by atoms with Gasteiger partial charge in [-0.05, 0) is 62.2 Å². The van der Waals surface area contributed by atoms with Crippen molar-refractivity contribution in [2.24, 2.45) is 0 Å². The van der Waals surface area contributed by atoms with Crippen LogP contribution in [-0.4, -0.2) is 44.5 Å². The van der Waals surface area contributed by atoms with E-state index < -0.39 is 5.82 Å². The molecule has 3 heterocycles. The van der Waals surface area contributed by atoms with Crippen molar-refractivity contribution in [3.63, 3.8) is 0 Å². The van der Waals surface area contributed by atoms with Crippen LogP contribution in [0, 0.1) is 24.1 Å². The van der Waals surface area contributed by atoms with Gasteiger partial charge in [-0.1, -0.05) is 65.2 Å². The summed E-state index contributed by atoms with van der Waals surface area (Å²) in [4.78, 5) is 7.11. The van der Waals surface area contributed by atoms with Gasteiger partial charge in [-0.2, -0.15) is 5.26 Å². The molecule has 2 aromatic heterocycles. The van der Waals surface area contributed by atoms with Crippen molar-refractivity contribution in [2.45, 2.75) is 38.8 Å². The van der Waals surface area contributed by atoms with Crippen LogP contribution in [0.25, 0.3) is 10.9 Å². The Labute approximate surface area is 265 Å². The Morgan fingerprint density at radius 2 is 1.86 bits per heavy atom. The number of nitrogens with one attached hydrogen (secondary N) is 2. The molecule has 6 rings (SSSR count). The van der Waals surface area contributed by atoms with Crippen LogP contribution in [0.4, 0.5) is 21.5 Å². The van der Waals surface area contributed by atoms with Gasteiger partial charge >= 0.3 is 0 Å². The van der Waals surface area contributed by atoms with Gasteiger partial charge in [0.1, 0.15) is 17.6 Å². The molecule has 0 amide bonds. The predicted octanol–water partition coefficient (Wildman–Crippen LogP) is 8.05. The molecule has 0 radical (unpaired) electrons. The maximum Gasteiger partial charge on any atom is 0.141 e. The van der Waals surface area contributed by atoms with Crippen LogP contribution in [0.2, 0.25) is 10.0 Å². The Morgan fingerprint density at radius 3 is 2.57 bits per heavy atom. The molecule has 0 bridgehead atoms. The zero-order valence-electron chi connectivity index (χ0n) is 24.4. The van der Waals surface area contributed by atoms with Gasteiger partial charge in [0.2, 0.25) is 0 Å². The lowest BCUT2D eigenvalue weighted by Crippen LogP contribution is -2.34. The van der Waals surface area contributed by atoms with Crippen LogP contribution in [0.5, 0.6) is 0 Å². The van der Waals surface area contributed by atoms with Crippen molar-refractivity contribution in [2.75, 3.05) is 30.3 Å². The lowest BCUT2D eigenvalue weighted by Gasteiger charge is -2.30. The fourth-order valence-corrected chi connectivity index (χ4v) is 6.06. The Morgan fingerprint density at radius 1 is 1.09 bits per heavy atom. The summed E-state index contributed by atoms with van der Waals surface area (Å²) in [5.41, 5.74) is 5.50. The average Bonchev–Trinajstić information content (AvgIpc) is 3.52. The van der Waals surface area contributed by atoms with E-state index >= 15 is 0 Å². The summed E-state index contributed by atoms with van der Waals surface area (Å²) in [5.74, 6) is -0.530. The van der Waals surface area contributed by atoms with Crippen molar-refractivity contribution in [3.8, 4) is 6.07 Å². The molecule has 1 atom stereocenters. The third-order valence-electron chi connectivity index (χ3n) is 8.16. The van der Waals surface area contributed by atoms with E-state index in [9.17, 15) is 9.65 Å². The highest BCUT2D eigenvalue weighted by atomic mass is 35.5. The van der Waals surface area contributed by atoms with Crippen LogP contribution in [0.15, 0.2) is 67.0 Å². The highest BCUT2D eigenvalue weighted by Crippen LogP contribution is 2.38. The first kappa shape index (κ1) is 29.8. The number of hydrogen-bond donors (Lipinski definition) is 2. The molecule has 8 nitrogen and oxygen atoms in total. The topological polar surface area (TPSA) is 94.7 Å². The molecule has 0 saturated carbocycles. The van der Waals surface area contributed by atoms with Crippen molar-refractivity contribution in [3.05, 3.63) is 105 Å². The van der Waals surface area contributed by atoms with Gasteiger partial charge < -0.3 is 15.5 Å². The van der Waals surface area contributed by atoms with Crippen molar-refractivity contribution < 1.29 is 4.39 Å². The summed E-state index contributed by atoms with van der Waals surface area (Å²) in [7, 11) is 0. The fraction of sp³-hybridized carbons (Fsp3) is 0.273. The number of pyridine rings is 1. The Bertz CT molecular complexity index is 1840. The Balaban J connectivity index is 1.40. The number of aryl methyl sites for hydroxylation is 1. The van der Waals surface area contributed by atoms with E-state index in [0.717, 1.165) is 49.3 Å². The maximum atomic E-state index is 13.8. The zero-order chi connectivity index (χ0) is 30.8. The van der Waals surface area contributed by atoms with Gasteiger partial charge in [-0.3, -0.25) is 4.98 Å². The summed E-state index contributed by atoms with van der Waals surface area (Å²) in [6.07, 6.45) is 5.59. The minimum absolute atomic E-state index is 0.0304. The SMILES string of the molecule is CCN1CCC(n2cc(C(Nc3cc(Cl)cc4c(Nc5ccc(F)c(Cl)c5)c(C#N)cnc34)c3ccc(C)cc3)nn2)CC1. The smallest absolute Gasteiger partial charge is 0.141 e. The fourth-order valence-electron chi connectivity index (χ4n) is 5.66. The first-order valence-corrected chi connectivity index (χ1v) is 15.3. The Hall–Kier alpha value is -4.23. The van der Waals surface area contributed by atoms with Gasteiger partial charge in [0.05, 0.1) is 45.8 Å². The van der Waals surface area contributed by atoms with E-state index in [1.807, 2.05) is 16.9 Å². The molecular formula is C33H31Cl2FN8. The molecule has 1 fully saturated rings. The monoisotopic (exact) mass is 628 g/mol. The number of rotatable bonds is 8. The molecule has 0 aliphatic carbocycles. The van der Waals surface area contributed by atoms with E-state index in [1.54, 1.807) is 12.1 Å². The second kappa shape index (κ2) is 12.8. The van der Waals surface area contributed by atoms with Gasteiger partial charge in [-0.25, -0.2) is 9.07 Å². The lowest BCUT2D eigenvalue weighted by molar-refractivity contribution is 0.186. The number of aromatic nitrogens is 4. The van der Waals surface area contributed by atoms with Crippen LogP contribution in [0.3, 0.4) is 0 Å². The summed E-state index contributed by atoms with van der Waals surface area (Å²) in [6, 6.07) is 18.3. The number of benzene rings is 3. The van der Waals surface area contributed by atoms with Crippen molar-refractivity contribution >= 4 is 51.2 Å². The van der Waals surface area contributed by atoms with Crippen LogP contribution in [-0.2, 0) is 0 Å². The number of nitrogens with zero attached hydrogens (tertiary/aromatic N) is 6. The number of piperidine rings is 1. The largest absolute Gasteiger partial charge is 0.371 e. The minimum Gasteiger partial charge on any atom is -0.371 e. The molecule has 3 aromatic carbocycles. The van der Waals surface area contributed by atoms with E-state index in [-0.39, 0.29) is 11.1 Å². The normalized spacial score (nSPS) is 14.8. The summed E-state index contributed by atoms with van der Waals surface area (Å²) in [5, 5.41) is 27.0. The van der Waals surface area contributed by atoms with E-state index in [4.69, 9.17) is 23.2 Å². The maximum absolute atomic E-state index is 13.8. The Kier molecular flexibility index (Phi) is 8.67. The van der Waals surface area contributed by atoms with Crippen molar-refractivity contribution in [1.82, 2.24) is 24.9 Å². The average molecular weight is 630 g/mol. The molecule has 2 N–H and O–H groups in total. The molecule has 11 heteroatoms. The number of likely N-dealkylation sites (tertiary alicyclic amines) is 1. The number of fused-ring (bicyclic) bond motifs is 1. The van der Waals surface area contributed by atoms with Gasteiger partial charge in [0, 0.05) is 35.4 Å².